The highest BCUT2D eigenvalue weighted by Crippen LogP contribution is 2.37. The summed E-state index contributed by atoms with van der Waals surface area (Å²) >= 11 is 0. The van der Waals surface area contributed by atoms with Crippen molar-refractivity contribution < 1.29 is 5.11 Å². The minimum atomic E-state index is 0.0161. The molecule has 0 atom stereocenters. The maximum Gasteiger partial charge on any atom is 0.104 e. The van der Waals surface area contributed by atoms with Crippen molar-refractivity contribution in [2.45, 2.75) is 38.1 Å². The number of H-pyrrole nitrogens is 1. The fourth-order valence-corrected chi connectivity index (χ4v) is 4.85. The van der Waals surface area contributed by atoms with Gasteiger partial charge in [-0.25, -0.2) is 9.97 Å². The van der Waals surface area contributed by atoms with Gasteiger partial charge >= 0.3 is 0 Å². The summed E-state index contributed by atoms with van der Waals surface area (Å²) in [7, 11) is 1.88. The van der Waals surface area contributed by atoms with Crippen LogP contribution in [0.2, 0.25) is 0 Å². The van der Waals surface area contributed by atoms with Gasteiger partial charge in [-0.15, -0.1) is 0 Å². The maximum atomic E-state index is 9.78. The number of aromatic amines is 1. The summed E-state index contributed by atoms with van der Waals surface area (Å²) in [4.78, 5) is 14.2. The molecule has 7 nitrogen and oxygen atoms in total. The number of nitrogens with one attached hydrogen (secondary N) is 1. The number of hydrogen-bond donors (Lipinski definition) is 2. The van der Waals surface area contributed by atoms with Gasteiger partial charge in [-0.05, 0) is 36.6 Å². The van der Waals surface area contributed by atoms with Crippen LogP contribution in [0.3, 0.4) is 0 Å². The Morgan fingerprint density at radius 2 is 2.06 bits per heavy atom. The van der Waals surface area contributed by atoms with Gasteiger partial charge in [0, 0.05) is 25.2 Å². The standard InChI is InChI=1S/C24H26N6O/c1-29(9-10-31)22-12-18(23-24(19(22)13-25)27-14-26-23)16-7-8-21-20(11-16)28-15-30(21)17-5-3-2-4-6-17/h7-8,11-12,14-15,17,31H,2-6,9-10H2,1H3,(H,26,27). The number of aliphatic hydroxyl groups excluding tert-OH is 1. The van der Waals surface area contributed by atoms with E-state index in [1.54, 1.807) is 6.33 Å². The van der Waals surface area contributed by atoms with Gasteiger partial charge in [-0.3, -0.25) is 0 Å². The third-order valence-corrected chi connectivity index (χ3v) is 6.49. The molecule has 0 amide bonds. The van der Waals surface area contributed by atoms with E-state index in [9.17, 15) is 10.4 Å². The van der Waals surface area contributed by atoms with Crippen LogP contribution in [0, 0.1) is 11.3 Å². The number of likely N-dealkylation sites (N-methyl/N-ethyl adjacent to an activating group) is 1. The summed E-state index contributed by atoms with van der Waals surface area (Å²) in [6.45, 7) is 0.459. The van der Waals surface area contributed by atoms with Crippen LogP contribution < -0.4 is 4.90 Å². The molecule has 1 saturated carbocycles. The molecular weight excluding hydrogens is 388 g/mol. The minimum absolute atomic E-state index is 0.0161. The van der Waals surface area contributed by atoms with Crippen LogP contribution in [0.1, 0.15) is 43.7 Å². The van der Waals surface area contributed by atoms with Gasteiger partial charge in [-0.1, -0.05) is 25.3 Å². The van der Waals surface area contributed by atoms with E-state index in [1.165, 1.54) is 37.6 Å². The summed E-state index contributed by atoms with van der Waals surface area (Å²) in [6.07, 6.45) is 9.95. The Morgan fingerprint density at radius 1 is 1.23 bits per heavy atom. The highest BCUT2D eigenvalue weighted by atomic mass is 16.3. The average molecular weight is 415 g/mol. The average Bonchev–Trinajstić information content (AvgIpc) is 3.45. The Balaban J connectivity index is 1.63. The molecule has 0 aliphatic heterocycles. The topological polar surface area (TPSA) is 93.8 Å². The Kier molecular flexibility index (Phi) is 5.08. The van der Waals surface area contributed by atoms with Crippen molar-refractivity contribution in [3.05, 3.63) is 42.5 Å². The van der Waals surface area contributed by atoms with Crippen molar-refractivity contribution in [1.82, 2.24) is 19.5 Å². The highest BCUT2D eigenvalue weighted by Gasteiger charge is 2.20. The normalized spacial score (nSPS) is 14.9. The van der Waals surface area contributed by atoms with E-state index < -0.39 is 0 Å². The number of hydrogen-bond acceptors (Lipinski definition) is 5. The lowest BCUT2D eigenvalue weighted by Gasteiger charge is -2.23. The first-order chi connectivity index (χ1) is 15.2. The smallest absolute Gasteiger partial charge is 0.104 e. The number of nitrogens with zero attached hydrogens (tertiary/aromatic N) is 5. The number of nitriles is 1. The third-order valence-electron chi connectivity index (χ3n) is 6.49. The van der Waals surface area contributed by atoms with Gasteiger partial charge < -0.3 is 19.6 Å². The predicted molar refractivity (Wildman–Crippen MR) is 122 cm³/mol. The van der Waals surface area contributed by atoms with E-state index in [2.05, 4.69) is 38.8 Å². The van der Waals surface area contributed by atoms with Crippen molar-refractivity contribution in [3.8, 4) is 17.2 Å². The molecule has 4 aromatic rings. The third kappa shape index (κ3) is 3.33. The van der Waals surface area contributed by atoms with Crippen LogP contribution in [0.5, 0.6) is 0 Å². The van der Waals surface area contributed by atoms with Crippen molar-refractivity contribution in [1.29, 1.82) is 5.26 Å². The number of aromatic nitrogens is 4. The quantitative estimate of drug-likeness (QED) is 0.505. The second-order valence-corrected chi connectivity index (χ2v) is 8.35. The highest BCUT2D eigenvalue weighted by molar-refractivity contribution is 6.00. The molecule has 1 fully saturated rings. The molecule has 0 unspecified atom stereocenters. The number of aliphatic hydroxyl groups is 1. The van der Waals surface area contributed by atoms with Crippen molar-refractivity contribution in [2.75, 3.05) is 25.1 Å². The second-order valence-electron chi connectivity index (χ2n) is 8.35. The molecule has 1 aliphatic carbocycles. The summed E-state index contributed by atoms with van der Waals surface area (Å²) in [5, 5.41) is 19.2. The summed E-state index contributed by atoms with van der Waals surface area (Å²) < 4.78 is 2.33. The first-order valence-corrected chi connectivity index (χ1v) is 10.9. The van der Waals surface area contributed by atoms with E-state index in [4.69, 9.17) is 4.98 Å². The van der Waals surface area contributed by atoms with Crippen LogP contribution in [0.4, 0.5) is 5.69 Å². The SMILES string of the molecule is CN(CCO)c1cc(-c2ccc3c(c2)ncn3C2CCCCC2)c2nc[nH]c2c1C#N. The Labute approximate surface area is 181 Å². The largest absolute Gasteiger partial charge is 0.395 e. The number of anilines is 1. The molecule has 0 spiro atoms. The first kappa shape index (κ1) is 19.6. The number of benzene rings is 2. The van der Waals surface area contributed by atoms with E-state index in [-0.39, 0.29) is 6.61 Å². The van der Waals surface area contributed by atoms with Crippen LogP contribution in [0.15, 0.2) is 36.9 Å². The monoisotopic (exact) mass is 414 g/mol. The zero-order valence-corrected chi connectivity index (χ0v) is 17.7. The number of imidazole rings is 2. The molecule has 0 saturated heterocycles. The fraction of sp³-hybridized carbons (Fsp3) is 0.375. The zero-order chi connectivity index (χ0) is 21.4. The van der Waals surface area contributed by atoms with Crippen LogP contribution >= 0.6 is 0 Å². The molecule has 2 aromatic heterocycles. The number of rotatable bonds is 5. The number of fused-ring (bicyclic) bond motifs is 2. The molecular formula is C24H26N6O. The van der Waals surface area contributed by atoms with E-state index in [0.29, 0.717) is 23.7 Å². The molecule has 31 heavy (non-hydrogen) atoms. The lowest BCUT2D eigenvalue weighted by molar-refractivity contribution is 0.304. The molecule has 2 N–H and O–H groups in total. The van der Waals surface area contributed by atoms with E-state index in [1.807, 2.05) is 24.3 Å². The molecule has 2 heterocycles. The lowest BCUT2D eigenvalue weighted by atomic mass is 9.95. The Morgan fingerprint density at radius 3 is 2.84 bits per heavy atom. The van der Waals surface area contributed by atoms with Crippen molar-refractivity contribution in [3.63, 3.8) is 0 Å². The molecule has 0 bridgehead atoms. The molecule has 5 rings (SSSR count). The van der Waals surface area contributed by atoms with Crippen molar-refractivity contribution >= 4 is 27.8 Å². The molecule has 7 heteroatoms. The zero-order valence-electron chi connectivity index (χ0n) is 17.7. The van der Waals surface area contributed by atoms with Crippen LogP contribution in [0.25, 0.3) is 33.2 Å². The van der Waals surface area contributed by atoms with E-state index >= 15 is 0 Å². The summed E-state index contributed by atoms with van der Waals surface area (Å²) in [5.74, 6) is 0. The Bertz CT molecular complexity index is 1270. The maximum absolute atomic E-state index is 9.78. The first-order valence-electron chi connectivity index (χ1n) is 10.9. The molecule has 2 aromatic carbocycles. The second kappa shape index (κ2) is 8.05. The summed E-state index contributed by atoms with van der Waals surface area (Å²) in [6, 6.07) is 11.2. The molecule has 0 radical (unpaired) electrons. The fourth-order valence-electron chi connectivity index (χ4n) is 4.85. The lowest BCUT2D eigenvalue weighted by Crippen LogP contribution is -2.22. The molecule has 158 valence electrons. The van der Waals surface area contributed by atoms with Gasteiger partial charge in [0.2, 0.25) is 0 Å². The van der Waals surface area contributed by atoms with Crippen LogP contribution in [-0.4, -0.2) is 44.8 Å². The van der Waals surface area contributed by atoms with Gasteiger partial charge in [-0.2, -0.15) is 5.26 Å². The van der Waals surface area contributed by atoms with Gasteiger partial charge in [0.15, 0.2) is 0 Å². The van der Waals surface area contributed by atoms with E-state index in [0.717, 1.165) is 27.8 Å². The van der Waals surface area contributed by atoms with Crippen LogP contribution in [-0.2, 0) is 0 Å². The van der Waals surface area contributed by atoms with Crippen molar-refractivity contribution in [2.24, 2.45) is 0 Å². The minimum Gasteiger partial charge on any atom is -0.395 e. The van der Waals surface area contributed by atoms with Gasteiger partial charge in [0.25, 0.3) is 0 Å². The summed E-state index contributed by atoms with van der Waals surface area (Å²) in [5.41, 5.74) is 6.90. The Hall–Kier alpha value is -3.37. The van der Waals surface area contributed by atoms with Gasteiger partial charge in [0.1, 0.15) is 11.6 Å². The predicted octanol–water partition coefficient (Wildman–Crippen LogP) is 4.38. The van der Waals surface area contributed by atoms with Gasteiger partial charge in [0.05, 0.1) is 47.0 Å². The molecule has 1 aliphatic rings.